The molecule has 0 saturated carbocycles. The number of carbonyl (C=O) groups is 6. The number of aliphatic carboxylic acids is 1. The standard InChI is InChI=1S/C21H38N6O10/c1-13(28)24(35)10-4-7-16(22)19(31)27(18(21(33)34)9-6-12-26(37)15(3)30)20(32)17(23)8-5-11-25(36)14(2)29/h16-18,35-37H,4-12,22-23H2,1-3H3,(H,33,34)/t16-,17-,18-/m0/s1. The van der Waals surface area contributed by atoms with Crippen LogP contribution in [0.1, 0.15) is 59.3 Å². The van der Waals surface area contributed by atoms with E-state index in [4.69, 9.17) is 11.5 Å². The molecule has 0 aromatic rings. The van der Waals surface area contributed by atoms with Gasteiger partial charge in [-0.3, -0.25) is 44.5 Å². The van der Waals surface area contributed by atoms with Crippen molar-refractivity contribution in [1.82, 2.24) is 20.1 Å². The van der Waals surface area contributed by atoms with Crippen molar-refractivity contribution < 1.29 is 49.5 Å². The van der Waals surface area contributed by atoms with Crippen LogP contribution in [0.2, 0.25) is 0 Å². The molecule has 0 aliphatic rings. The zero-order chi connectivity index (χ0) is 28.9. The zero-order valence-electron chi connectivity index (χ0n) is 21.3. The van der Waals surface area contributed by atoms with E-state index in [1.54, 1.807) is 0 Å². The molecule has 5 amide bonds. The molecule has 0 aliphatic heterocycles. The molecule has 8 N–H and O–H groups in total. The molecular weight excluding hydrogens is 496 g/mol. The van der Waals surface area contributed by atoms with E-state index in [9.17, 15) is 49.5 Å². The molecule has 0 radical (unpaired) electrons. The van der Waals surface area contributed by atoms with E-state index in [-0.39, 0.29) is 58.2 Å². The molecule has 0 heterocycles. The third kappa shape index (κ3) is 12.1. The van der Waals surface area contributed by atoms with Crippen LogP contribution in [0.15, 0.2) is 0 Å². The Morgan fingerprint density at radius 1 is 0.622 bits per heavy atom. The Morgan fingerprint density at radius 2 is 0.919 bits per heavy atom. The van der Waals surface area contributed by atoms with E-state index < -0.39 is 53.6 Å². The van der Waals surface area contributed by atoms with Crippen molar-refractivity contribution in [1.29, 1.82) is 0 Å². The van der Waals surface area contributed by atoms with E-state index in [2.05, 4.69) is 0 Å². The van der Waals surface area contributed by atoms with Crippen molar-refractivity contribution in [3.8, 4) is 0 Å². The fourth-order valence-corrected chi connectivity index (χ4v) is 3.21. The second-order valence-electron chi connectivity index (χ2n) is 8.47. The molecule has 0 fully saturated rings. The number of rotatable bonds is 16. The lowest BCUT2D eigenvalue weighted by Gasteiger charge is -2.32. The molecule has 0 unspecified atom stereocenters. The van der Waals surface area contributed by atoms with Crippen LogP contribution in [0.4, 0.5) is 0 Å². The van der Waals surface area contributed by atoms with Gasteiger partial charge >= 0.3 is 5.97 Å². The first-order valence-corrected chi connectivity index (χ1v) is 11.6. The highest BCUT2D eigenvalue weighted by atomic mass is 16.5. The summed E-state index contributed by atoms with van der Waals surface area (Å²) in [7, 11) is 0. The molecule has 0 spiro atoms. The molecule has 16 nitrogen and oxygen atoms in total. The first-order valence-electron chi connectivity index (χ1n) is 11.6. The van der Waals surface area contributed by atoms with Crippen molar-refractivity contribution in [2.24, 2.45) is 11.5 Å². The molecule has 0 aromatic carbocycles. The van der Waals surface area contributed by atoms with Crippen molar-refractivity contribution >= 4 is 35.5 Å². The van der Waals surface area contributed by atoms with E-state index >= 15 is 0 Å². The Morgan fingerprint density at radius 3 is 1.19 bits per heavy atom. The minimum Gasteiger partial charge on any atom is -0.480 e. The smallest absolute Gasteiger partial charge is 0.326 e. The molecule has 212 valence electrons. The fraction of sp³-hybridized carbons (Fsp3) is 0.714. The largest absolute Gasteiger partial charge is 0.480 e. The third-order valence-corrected chi connectivity index (χ3v) is 5.41. The molecule has 37 heavy (non-hydrogen) atoms. The Labute approximate surface area is 214 Å². The molecule has 0 bridgehead atoms. The Balaban J connectivity index is 5.67. The molecule has 0 aromatic heterocycles. The van der Waals surface area contributed by atoms with Gasteiger partial charge in [-0.15, -0.1) is 0 Å². The number of imide groups is 1. The molecule has 0 aliphatic carbocycles. The highest BCUT2D eigenvalue weighted by Gasteiger charge is 2.38. The quantitative estimate of drug-likeness (QED) is 0.0978. The van der Waals surface area contributed by atoms with Gasteiger partial charge in [0.05, 0.1) is 12.1 Å². The fourth-order valence-electron chi connectivity index (χ4n) is 3.21. The number of hydrogen-bond donors (Lipinski definition) is 6. The summed E-state index contributed by atoms with van der Waals surface area (Å²) in [6.07, 6.45) is -0.526. The zero-order valence-corrected chi connectivity index (χ0v) is 21.3. The topological polar surface area (TPSA) is 248 Å². The minimum absolute atomic E-state index is 0.0598. The summed E-state index contributed by atoms with van der Waals surface area (Å²) in [4.78, 5) is 72.2. The maximum absolute atomic E-state index is 13.1. The van der Waals surface area contributed by atoms with E-state index in [0.717, 1.165) is 20.8 Å². The van der Waals surface area contributed by atoms with Gasteiger partial charge in [0, 0.05) is 40.4 Å². The van der Waals surface area contributed by atoms with Gasteiger partial charge in [0.2, 0.25) is 29.5 Å². The number of carboxylic acids is 1. The summed E-state index contributed by atoms with van der Waals surface area (Å²) in [5, 5.41) is 39.4. The average molecular weight is 535 g/mol. The van der Waals surface area contributed by atoms with Gasteiger partial charge in [-0.1, -0.05) is 0 Å². The Kier molecular flexibility index (Phi) is 15.1. The average Bonchev–Trinajstić information content (AvgIpc) is 2.81. The lowest BCUT2D eigenvalue weighted by atomic mass is 10.0. The number of carboxylic acid groups (broad SMARTS) is 1. The van der Waals surface area contributed by atoms with Crippen LogP contribution in [-0.4, -0.2) is 114 Å². The van der Waals surface area contributed by atoms with Crippen LogP contribution in [-0.2, 0) is 28.8 Å². The predicted molar refractivity (Wildman–Crippen MR) is 124 cm³/mol. The number of carbonyl (C=O) groups excluding carboxylic acids is 5. The van der Waals surface area contributed by atoms with Gasteiger partial charge in [-0.2, -0.15) is 0 Å². The van der Waals surface area contributed by atoms with Crippen LogP contribution in [0.3, 0.4) is 0 Å². The Bertz CT molecular complexity index is 782. The van der Waals surface area contributed by atoms with Crippen molar-refractivity contribution in [2.45, 2.75) is 77.4 Å². The van der Waals surface area contributed by atoms with Gasteiger partial charge in [0.15, 0.2) is 0 Å². The number of hydroxylamine groups is 6. The van der Waals surface area contributed by atoms with Crippen molar-refractivity contribution in [2.75, 3.05) is 19.6 Å². The highest BCUT2D eigenvalue weighted by Crippen LogP contribution is 2.15. The van der Waals surface area contributed by atoms with Gasteiger partial charge in [0.25, 0.3) is 0 Å². The summed E-state index contributed by atoms with van der Waals surface area (Å²) >= 11 is 0. The highest BCUT2D eigenvalue weighted by molar-refractivity contribution is 6.03. The van der Waals surface area contributed by atoms with E-state index in [1.807, 2.05) is 0 Å². The van der Waals surface area contributed by atoms with Crippen LogP contribution < -0.4 is 11.5 Å². The molecule has 0 rings (SSSR count). The number of nitrogens with two attached hydrogens (primary N) is 2. The lowest BCUT2D eigenvalue weighted by molar-refractivity contribution is -0.165. The maximum atomic E-state index is 13.1. The van der Waals surface area contributed by atoms with Crippen molar-refractivity contribution in [3.05, 3.63) is 0 Å². The Hall–Kier alpha value is -3.18. The number of hydrogen-bond acceptors (Lipinski definition) is 11. The normalized spacial score (nSPS) is 13.2. The first kappa shape index (κ1) is 33.8. The van der Waals surface area contributed by atoms with Crippen LogP contribution in [0.5, 0.6) is 0 Å². The second kappa shape index (κ2) is 16.5. The summed E-state index contributed by atoms with van der Waals surface area (Å²) in [6.45, 7) is 2.76. The van der Waals surface area contributed by atoms with Crippen LogP contribution in [0, 0.1) is 0 Å². The van der Waals surface area contributed by atoms with Gasteiger partial charge in [0.1, 0.15) is 6.04 Å². The summed E-state index contributed by atoms with van der Waals surface area (Å²) in [6, 6.07) is -4.48. The maximum Gasteiger partial charge on any atom is 0.326 e. The first-order chi connectivity index (χ1) is 17.1. The SMILES string of the molecule is CC(=O)N(O)CCC[C@H](N)C(=O)N(C(=O)[C@@H](N)CCCN(O)C(C)=O)[C@@H](CCCN(O)C(C)=O)C(=O)O. The summed E-state index contributed by atoms with van der Waals surface area (Å²) < 4.78 is 0. The third-order valence-electron chi connectivity index (χ3n) is 5.41. The minimum atomic E-state index is -1.73. The monoisotopic (exact) mass is 534 g/mol. The molecule has 3 atom stereocenters. The summed E-state index contributed by atoms with van der Waals surface area (Å²) in [5.74, 6) is -5.62. The van der Waals surface area contributed by atoms with Crippen LogP contribution >= 0.6 is 0 Å². The molecule has 0 saturated heterocycles. The van der Waals surface area contributed by atoms with Gasteiger partial charge < -0.3 is 16.6 Å². The van der Waals surface area contributed by atoms with E-state index in [0.29, 0.717) is 20.1 Å². The number of amides is 5. The summed E-state index contributed by atoms with van der Waals surface area (Å²) in [5.41, 5.74) is 11.8. The molecular formula is C21H38N6O10. The van der Waals surface area contributed by atoms with E-state index in [1.165, 1.54) is 0 Å². The predicted octanol–water partition coefficient (Wildman–Crippen LogP) is -1.50. The number of nitrogens with zero attached hydrogens (tertiary/aromatic N) is 4. The lowest BCUT2D eigenvalue weighted by Crippen LogP contribution is -2.58. The molecule has 16 heteroatoms. The van der Waals surface area contributed by atoms with Gasteiger partial charge in [-0.05, 0) is 38.5 Å². The van der Waals surface area contributed by atoms with Crippen molar-refractivity contribution in [3.63, 3.8) is 0 Å². The second-order valence-corrected chi connectivity index (χ2v) is 8.47. The van der Waals surface area contributed by atoms with Crippen LogP contribution in [0.25, 0.3) is 0 Å². The van der Waals surface area contributed by atoms with Gasteiger partial charge in [-0.25, -0.2) is 20.0 Å².